The molecule has 1 aromatic rings. The molecule has 0 heterocycles. The second-order valence-corrected chi connectivity index (χ2v) is 3.13. The van der Waals surface area contributed by atoms with Gasteiger partial charge in [0.05, 0.1) is 13.2 Å². The summed E-state index contributed by atoms with van der Waals surface area (Å²) in [6.45, 7) is 4.90. The van der Waals surface area contributed by atoms with Crippen molar-refractivity contribution < 1.29 is 9.47 Å². The number of methoxy groups -OCH3 is 1. The zero-order chi connectivity index (χ0) is 10.4. The molecule has 1 aromatic carbocycles. The Bertz CT molecular complexity index is 254. The van der Waals surface area contributed by atoms with Gasteiger partial charge in [0, 0.05) is 6.61 Å². The van der Waals surface area contributed by atoms with E-state index in [1.165, 1.54) is 5.56 Å². The van der Waals surface area contributed by atoms with Crippen LogP contribution >= 0.6 is 0 Å². The number of rotatable bonds is 5. The maximum Gasteiger partial charge on any atom is 0.118 e. The molecule has 0 fully saturated rings. The first kappa shape index (κ1) is 11.1. The monoisotopic (exact) mass is 194 g/mol. The highest BCUT2D eigenvalue weighted by Crippen LogP contribution is 2.22. The highest BCUT2D eigenvalue weighted by molar-refractivity contribution is 5.28. The first-order valence-electron chi connectivity index (χ1n) is 5.07. The van der Waals surface area contributed by atoms with Gasteiger partial charge in [-0.15, -0.1) is 0 Å². The minimum Gasteiger partial charge on any atom is -0.497 e. The van der Waals surface area contributed by atoms with Gasteiger partial charge in [0.25, 0.3) is 0 Å². The third kappa shape index (κ3) is 2.74. The number of ether oxygens (including phenoxy) is 2. The normalized spacial score (nSPS) is 12.5. The Morgan fingerprint density at radius 1 is 1.14 bits per heavy atom. The molecule has 1 rings (SSSR count). The van der Waals surface area contributed by atoms with Gasteiger partial charge in [0.1, 0.15) is 5.75 Å². The van der Waals surface area contributed by atoms with E-state index >= 15 is 0 Å². The van der Waals surface area contributed by atoms with E-state index in [2.05, 4.69) is 19.1 Å². The summed E-state index contributed by atoms with van der Waals surface area (Å²) in [6, 6.07) is 8.05. The predicted octanol–water partition coefficient (Wildman–Crippen LogP) is 3.18. The second-order valence-electron chi connectivity index (χ2n) is 3.13. The molecule has 0 spiro atoms. The lowest BCUT2D eigenvalue weighted by atomic mass is 10.1. The maximum atomic E-state index is 5.61. The summed E-state index contributed by atoms with van der Waals surface area (Å²) in [5, 5.41) is 0. The average molecular weight is 194 g/mol. The third-order valence-electron chi connectivity index (χ3n) is 2.23. The Labute approximate surface area is 85.8 Å². The van der Waals surface area contributed by atoms with Crippen molar-refractivity contribution in [2.24, 2.45) is 0 Å². The van der Waals surface area contributed by atoms with Gasteiger partial charge in [-0.3, -0.25) is 0 Å². The van der Waals surface area contributed by atoms with E-state index in [4.69, 9.17) is 9.47 Å². The van der Waals surface area contributed by atoms with Crippen LogP contribution in [0.25, 0.3) is 0 Å². The fourth-order valence-corrected chi connectivity index (χ4v) is 1.47. The molecule has 0 radical (unpaired) electrons. The molecule has 0 aliphatic carbocycles. The molecule has 0 aliphatic rings. The molecule has 0 amide bonds. The van der Waals surface area contributed by atoms with Gasteiger partial charge in [-0.25, -0.2) is 0 Å². The SMILES string of the molecule is CCOC(CC)c1ccc(OC)cc1. The van der Waals surface area contributed by atoms with E-state index in [-0.39, 0.29) is 6.10 Å². The van der Waals surface area contributed by atoms with Gasteiger partial charge in [-0.2, -0.15) is 0 Å². The van der Waals surface area contributed by atoms with Gasteiger partial charge in [0.2, 0.25) is 0 Å². The second kappa shape index (κ2) is 5.66. The minimum absolute atomic E-state index is 0.214. The highest BCUT2D eigenvalue weighted by Gasteiger charge is 2.08. The smallest absolute Gasteiger partial charge is 0.118 e. The summed E-state index contributed by atoms with van der Waals surface area (Å²) in [7, 11) is 1.68. The lowest BCUT2D eigenvalue weighted by Gasteiger charge is -2.15. The van der Waals surface area contributed by atoms with Gasteiger partial charge in [-0.1, -0.05) is 19.1 Å². The van der Waals surface area contributed by atoms with Gasteiger partial charge >= 0.3 is 0 Å². The van der Waals surface area contributed by atoms with Crippen LogP contribution in [0.3, 0.4) is 0 Å². The quantitative estimate of drug-likeness (QED) is 0.716. The molecule has 2 nitrogen and oxygen atoms in total. The van der Waals surface area contributed by atoms with Crippen molar-refractivity contribution in [3.63, 3.8) is 0 Å². The summed E-state index contributed by atoms with van der Waals surface area (Å²) in [6.07, 6.45) is 1.21. The van der Waals surface area contributed by atoms with Crippen molar-refractivity contribution in [2.45, 2.75) is 26.4 Å². The molecular formula is C12H18O2. The van der Waals surface area contributed by atoms with Crippen LogP contribution in [0.1, 0.15) is 31.9 Å². The molecule has 0 saturated heterocycles. The Kier molecular flexibility index (Phi) is 4.47. The fourth-order valence-electron chi connectivity index (χ4n) is 1.47. The van der Waals surface area contributed by atoms with Crippen molar-refractivity contribution in [3.05, 3.63) is 29.8 Å². The van der Waals surface area contributed by atoms with Crippen LogP contribution in [-0.4, -0.2) is 13.7 Å². The van der Waals surface area contributed by atoms with Gasteiger partial charge in [-0.05, 0) is 31.0 Å². The van der Waals surface area contributed by atoms with E-state index < -0.39 is 0 Å². The summed E-state index contributed by atoms with van der Waals surface area (Å²) in [5.41, 5.74) is 1.22. The molecule has 2 heteroatoms. The van der Waals surface area contributed by atoms with Crippen LogP contribution in [0.5, 0.6) is 5.75 Å². The van der Waals surface area contributed by atoms with E-state index in [0.717, 1.165) is 18.8 Å². The van der Waals surface area contributed by atoms with E-state index in [0.29, 0.717) is 0 Å². The van der Waals surface area contributed by atoms with Crippen LogP contribution in [0.2, 0.25) is 0 Å². The first-order valence-corrected chi connectivity index (χ1v) is 5.07. The van der Waals surface area contributed by atoms with E-state index in [1.54, 1.807) is 7.11 Å². The van der Waals surface area contributed by atoms with Crippen molar-refractivity contribution in [3.8, 4) is 5.75 Å². The summed E-state index contributed by atoms with van der Waals surface area (Å²) < 4.78 is 10.7. The minimum atomic E-state index is 0.214. The number of hydrogen-bond donors (Lipinski definition) is 0. The lowest BCUT2D eigenvalue weighted by molar-refractivity contribution is 0.0598. The fraction of sp³-hybridized carbons (Fsp3) is 0.500. The van der Waals surface area contributed by atoms with Gasteiger partial charge in [0.15, 0.2) is 0 Å². The van der Waals surface area contributed by atoms with Crippen LogP contribution in [0, 0.1) is 0 Å². The van der Waals surface area contributed by atoms with Crippen LogP contribution in [0.4, 0.5) is 0 Å². The third-order valence-corrected chi connectivity index (χ3v) is 2.23. The molecule has 78 valence electrons. The summed E-state index contributed by atoms with van der Waals surface area (Å²) in [5.74, 6) is 0.889. The molecule has 0 bridgehead atoms. The average Bonchev–Trinajstić information content (AvgIpc) is 2.26. The van der Waals surface area contributed by atoms with Crippen LogP contribution in [0.15, 0.2) is 24.3 Å². The first-order chi connectivity index (χ1) is 6.81. The Hall–Kier alpha value is -1.02. The Morgan fingerprint density at radius 3 is 2.21 bits per heavy atom. The van der Waals surface area contributed by atoms with Crippen molar-refractivity contribution in [2.75, 3.05) is 13.7 Å². The van der Waals surface area contributed by atoms with E-state index in [1.807, 2.05) is 19.1 Å². The standard InChI is InChI=1S/C12H18O2/c1-4-12(14-5-2)10-6-8-11(13-3)9-7-10/h6-9,12H,4-5H2,1-3H3. The highest BCUT2D eigenvalue weighted by atomic mass is 16.5. The maximum absolute atomic E-state index is 5.61. The van der Waals surface area contributed by atoms with Crippen molar-refractivity contribution in [1.82, 2.24) is 0 Å². The zero-order valence-corrected chi connectivity index (χ0v) is 9.12. The molecule has 1 atom stereocenters. The predicted molar refractivity (Wildman–Crippen MR) is 57.7 cm³/mol. The molecule has 1 unspecified atom stereocenters. The molecule has 0 aliphatic heterocycles. The molecule has 14 heavy (non-hydrogen) atoms. The largest absolute Gasteiger partial charge is 0.497 e. The number of hydrogen-bond acceptors (Lipinski definition) is 2. The van der Waals surface area contributed by atoms with Crippen molar-refractivity contribution in [1.29, 1.82) is 0 Å². The van der Waals surface area contributed by atoms with Crippen molar-refractivity contribution >= 4 is 0 Å². The van der Waals surface area contributed by atoms with Crippen LogP contribution < -0.4 is 4.74 Å². The van der Waals surface area contributed by atoms with E-state index in [9.17, 15) is 0 Å². The molecule has 0 N–H and O–H groups in total. The van der Waals surface area contributed by atoms with Crippen LogP contribution in [-0.2, 0) is 4.74 Å². The Morgan fingerprint density at radius 2 is 1.79 bits per heavy atom. The zero-order valence-electron chi connectivity index (χ0n) is 9.12. The Balaban J connectivity index is 2.73. The number of benzene rings is 1. The summed E-state index contributed by atoms with van der Waals surface area (Å²) in [4.78, 5) is 0. The molecule has 0 saturated carbocycles. The molecule has 0 aromatic heterocycles. The topological polar surface area (TPSA) is 18.5 Å². The lowest BCUT2D eigenvalue weighted by Crippen LogP contribution is -2.02. The van der Waals surface area contributed by atoms with Gasteiger partial charge < -0.3 is 9.47 Å². The molecular weight excluding hydrogens is 176 g/mol. The summed E-state index contributed by atoms with van der Waals surface area (Å²) >= 11 is 0.